The fourth-order valence-electron chi connectivity index (χ4n) is 2.10. The van der Waals surface area contributed by atoms with E-state index in [-0.39, 0.29) is 18.2 Å². The maximum Gasteiger partial charge on any atom is 0.273 e. The highest BCUT2D eigenvalue weighted by Crippen LogP contribution is 2.25. The summed E-state index contributed by atoms with van der Waals surface area (Å²) in [6.07, 6.45) is 0.553. The molecular weight excluding hydrogens is 346 g/mol. The number of amides is 2. The minimum Gasteiger partial charge on any atom is -0.295 e. The van der Waals surface area contributed by atoms with Crippen LogP contribution in [0.3, 0.4) is 0 Å². The molecule has 24 heavy (non-hydrogen) atoms. The Hall–Kier alpha value is -2.26. The van der Waals surface area contributed by atoms with Crippen LogP contribution in [0.25, 0.3) is 0 Å². The van der Waals surface area contributed by atoms with Gasteiger partial charge in [-0.2, -0.15) is 5.10 Å². The van der Waals surface area contributed by atoms with Gasteiger partial charge in [-0.25, -0.2) is 5.01 Å². The topological polar surface area (TPSA) is 87.6 Å². The molecular formula is C15H15N5O2S2. The average Bonchev–Trinajstić information content (AvgIpc) is 3.03. The van der Waals surface area contributed by atoms with Gasteiger partial charge in [-0.1, -0.05) is 48.2 Å². The van der Waals surface area contributed by atoms with Gasteiger partial charge in [0.15, 0.2) is 4.34 Å². The lowest BCUT2D eigenvalue weighted by Crippen LogP contribution is -2.36. The van der Waals surface area contributed by atoms with Crippen LogP contribution in [0.1, 0.15) is 19.8 Å². The molecule has 0 radical (unpaired) electrons. The van der Waals surface area contributed by atoms with Gasteiger partial charge in [-0.05, 0) is 17.9 Å². The van der Waals surface area contributed by atoms with Crippen molar-refractivity contribution in [3.05, 3.63) is 30.3 Å². The fourth-order valence-corrected chi connectivity index (χ4v) is 3.74. The van der Waals surface area contributed by atoms with Crippen LogP contribution in [0.2, 0.25) is 0 Å². The standard InChI is InChI=1S/C15H15N5O2S2/c1-2-23-15-18-17-14(24-15)16-13(22)11-8-9-12(21)20(19-11)10-6-4-3-5-7-10/h3-7H,2,8-9H2,1H3,(H,16,17,22). The van der Waals surface area contributed by atoms with E-state index in [2.05, 4.69) is 20.6 Å². The van der Waals surface area contributed by atoms with Gasteiger partial charge in [0.05, 0.1) is 5.69 Å². The van der Waals surface area contributed by atoms with Crippen LogP contribution in [-0.4, -0.2) is 33.5 Å². The highest BCUT2D eigenvalue weighted by molar-refractivity contribution is 8.01. The Bertz CT molecular complexity index is 775. The number of hydrogen-bond donors (Lipinski definition) is 1. The van der Waals surface area contributed by atoms with Crippen LogP contribution >= 0.6 is 23.1 Å². The van der Waals surface area contributed by atoms with Crippen molar-refractivity contribution in [1.82, 2.24) is 10.2 Å². The lowest BCUT2D eigenvalue weighted by atomic mass is 10.1. The Morgan fingerprint density at radius 1 is 1.29 bits per heavy atom. The summed E-state index contributed by atoms with van der Waals surface area (Å²) in [7, 11) is 0. The maximum absolute atomic E-state index is 12.4. The quantitative estimate of drug-likeness (QED) is 0.653. The van der Waals surface area contributed by atoms with Crippen molar-refractivity contribution in [3.8, 4) is 0 Å². The van der Waals surface area contributed by atoms with E-state index in [1.165, 1.54) is 16.3 Å². The number of aromatic nitrogens is 2. The van der Waals surface area contributed by atoms with E-state index in [0.717, 1.165) is 10.1 Å². The smallest absolute Gasteiger partial charge is 0.273 e. The molecule has 0 aliphatic carbocycles. The summed E-state index contributed by atoms with van der Waals surface area (Å²) < 4.78 is 0.805. The van der Waals surface area contributed by atoms with Gasteiger partial charge < -0.3 is 0 Å². The van der Waals surface area contributed by atoms with Gasteiger partial charge in [-0.15, -0.1) is 10.2 Å². The number of rotatable bonds is 5. The first-order chi connectivity index (χ1) is 11.7. The van der Waals surface area contributed by atoms with Crippen molar-refractivity contribution < 1.29 is 9.59 Å². The van der Waals surface area contributed by atoms with E-state index in [4.69, 9.17) is 0 Å². The third kappa shape index (κ3) is 3.80. The van der Waals surface area contributed by atoms with E-state index >= 15 is 0 Å². The zero-order valence-corrected chi connectivity index (χ0v) is 14.6. The van der Waals surface area contributed by atoms with E-state index in [9.17, 15) is 9.59 Å². The van der Waals surface area contributed by atoms with E-state index in [1.54, 1.807) is 23.9 Å². The summed E-state index contributed by atoms with van der Waals surface area (Å²) in [5.41, 5.74) is 0.948. The van der Waals surface area contributed by atoms with Gasteiger partial charge in [0.2, 0.25) is 11.0 Å². The predicted molar refractivity (Wildman–Crippen MR) is 95.5 cm³/mol. The molecule has 7 nitrogen and oxygen atoms in total. The maximum atomic E-state index is 12.4. The van der Waals surface area contributed by atoms with Crippen LogP contribution in [0, 0.1) is 0 Å². The Morgan fingerprint density at radius 3 is 2.83 bits per heavy atom. The molecule has 2 heterocycles. The molecule has 0 unspecified atom stereocenters. The number of hydrazone groups is 1. The molecule has 2 aromatic rings. The van der Waals surface area contributed by atoms with E-state index < -0.39 is 0 Å². The van der Waals surface area contributed by atoms with Crippen molar-refractivity contribution in [2.75, 3.05) is 16.1 Å². The summed E-state index contributed by atoms with van der Waals surface area (Å²) in [6.45, 7) is 2.02. The number of nitrogens with one attached hydrogen (secondary N) is 1. The number of anilines is 2. The number of benzene rings is 1. The number of para-hydroxylation sites is 1. The lowest BCUT2D eigenvalue weighted by Gasteiger charge is -2.22. The van der Waals surface area contributed by atoms with Crippen LogP contribution in [0.15, 0.2) is 39.8 Å². The van der Waals surface area contributed by atoms with Gasteiger partial charge in [0.1, 0.15) is 5.71 Å². The number of thioether (sulfide) groups is 1. The summed E-state index contributed by atoms with van der Waals surface area (Å²) in [5, 5.41) is 16.6. The molecule has 1 aromatic heterocycles. The Kier molecular flexibility index (Phi) is 5.21. The van der Waals surface area contributed by atoms with Crippen molar-refractivity contribution >= 4 is 51.4 Å². The molecule has 0 fully saturated rings. The summed E-state index contributed by atoms with van der Waals surface area (Å²) in [5.74, 6) is 0.409. The van der Waals surface area contributed by atoms with E-state index in [1.807, 2.05) is 25.1 Å². The first kappa shape index (κ1) is 16.6. The summed E-state index contributed by atoms with van der Waals surface area (Å²) in [4.78, 5) is 24.4. The third-order valence-corrected chi connectivity index (χ3v) is 5.04. The second-order valence-electron chi connectivity index (χ2n) is 4.85. The van der Waals surface area contributed by atoms with Gasteiger partial charge in [0.25, 0.3) is 5.91 Å². The zero-order chi connectivity index (χ0) is 16.9. The molecule has 0 spiro atoms. The first-order valence-electron chi connectivity index (χ1n) is 7.40. The molecule has 124 valence electrons. The minimum absolute atomic E-state index is 0.129. The number of carbonyl (C=O) groups excluding carboxylic acids is 2. The van der Waals surface area contributed by atoms with Crippen LogP contribution in [0.4, 0.5) is 10.8 Å². The van der Waals surface area contributed by atoms with Crippen molar-refractivity contribution in [2.45, 2.75) is 24.1 Å². The molecule has 9 heteroatoms. The van der Waals surface area contributed by atoms with Crippen LogP contribution < -0.4 is 10.3 Å². The molecule has 1 aromatic carbocycles. The molecule has 0 saturated heterocycles. The Balaban J connectivity index is 1.75. The SMILES string of the molecule is CCSc1nnc(NC(=O)C2=NN(c3ccccc3)C(=O)CC2)s1. The third-order valence-electron chi connectivity index (χ3n) is 3.19. The van der Waals surface area contributed by atoms with Gasteiger partial charge in [-0.3, -0.25) is 14.9 Å². The Morgan fingerprint density at radius 2 is 2.08 bits per heavy atom. The second kappa shape index (κ2) is 7.54. The van der Waals surface area contributed by atoms with Crippen molar-refractivity contribution in [1.29, 1.82) is 0 Å². The highest BCUT2D eigenvalue weighted by atomic mass is 32.2. The van der Waals surface area contributed by atoms with Crippen molar-refractivity contribution in [3.63, 3.8) is 0 Å². The monoisotopic (exact) mass is 361 g/mol. The molecule has 1 N–H and O–H groups in total. The largest absolute Gasteiger partial charge is 0.295 e. The molecule has 1 aliphatic heterocycles. The predicted octanol–water partition coefficient (Wildman–Crippen LogP) is 2.77. The molecule has 0 saturated carbocycles. The second-order valence-corrected chi connectivity index (χ2v) is 7.34. The molecule has 3 rings (SSSR count). The van der Waals surface area contributed by atoms with Gasteiger partial charge >= 0.3 is 0 Å². The van der Waals surface area contributed by atoms with Crippen molar-refractivity contribution in [2.24, 2.45) is 5.10 Å². The number of nitrogens with zero attached hydrogens (tertiary/aromatic N) is 4. The highest BCUT2D eigenvalue weighted by Gasteiger charge is 2.26. The minimum atomic E-state index is -0.354. The average molecular weight is 361 g/mol. The first-order valence-corrected chi connectivity index (χ1v) is 9.20. The Labute approximate surface area is 147 Å². The van der Waals surface area contributed by atoms with Crippen LogP contribution in [-0.2, 0) is 9.59 Å². The molecule has 1 aliphatic rings. The summed E-state index contributed by atoms with van der Waals surface area (Å²) >= 11 is 2.89. The van der Waals surface area contributed by atoms with Gasteiger partial charge in [0, 0.05) is 12.8 Å². The van der Waals surface area contributed by atoms with Crippen LogP contribution in [0.5, 0.6) is 0 Å². The van der Waals surface area contributed by atoms with E-state index in [0.29, 0.717) is 23.0 Å². The molecule has 0 bridgehead atoms. The molecule has 0 atom stereocenters. The number of hydrogen-bond acceptors (Lipinski definition) is 7. The molecule has 2 amide bonds. The number of carbonyl (C=O) groups is 2. The lowest BCUT2D eigenvalue weighted by molar-refractivity contribution is -0.118. The summed E-state index contributed by atoms with van der Waals surface area (Å²) in [6, 6.07) is 9.06. The normalized spacial score (nSPS) is 14.5. The fraction of sp³-hybridized carbons (Fsp3) is 0.267. The zero-order valence-electron chi connectivity index (χ0n) is 12.9.